The SMILES string of the molecule is Cc1c(N=Nc2ccccc2)cccc1-c1ccc(N)cc1N.Cl. The molecule has 0 saturated heterocycles. The first kappa shape index (κ1) is 17.5. The van der Waals surface area contributed by atoms with Gasteiger partial charge in [0.1, 0.15) is 0 Å². The zero-order chi connectivity index (χ0) is 16.2. The van der Waals surface area contributed by atoms with E-state index in [1.54, 1.807) is 6.07 Å². The predicted octanol–water partition coefficient (Wildman–Crippen LogP) is 5.66. The van der Waals surface area contributed by atoms with Crippen LogP contribution < -0.4 is 11.5 Å². The molecule has 0 radical (unpaired) electrons. The molecule has 4 N–H and O–H groups in total. The van der Waals surface area contributed by atoms with Gasteiger partial charge in [0.25, 0.3) is 0 Å². The summed E-state index contributed by atoms with van der Waals surface area (Å²) >= 11 is 0. The standard InChI is InChI=1S/C19H18N4.ClH/c1-13-16(17-11-10-14(20)12-18(17)21)8-5-9-19(13)23-22-15-6-3-2-4-7-15;/h2-12H,20-21H2,1H3;1H. The second kappa shape index (κ2) is 7.62. The highest BCUT2D eigenvalue weighted by atomic mass is 35.5. The summed E-state index contributed by atoms with van der Waals surface area (Å²) in [5.41, 5.74) is 17.9. The van der Waals surface area contributed by atoms with Gasteiger partial charge in [0.05, 0.1) is 11.4 Å². The summed E-state index contributed by atoms with van der Waals surface area (Å²) in [6, 6.07) is 21.1. The van der Waals surface area contributed by atoms with Gasteiger partial charge in [-0.1, -0.05) is 36.4 Å². The highest BCUT2D eigenvalue weighted by Crippen LogP contribution is 2.34. The van der Waals surface area contributed by atoms with Gasteiger partial charge < -0.3 is 11.5 Å². The Kier molecular flexibility index (Phi) is 5.55. The number of hydrogen-bond donors (Lipinski definition) is 2. The molecule has 0 aromatic heterocycles. The number of azo groups is 1. The molecule has 0 aliphatic heterocycles. The summed E-state index contributed by atoms with van der Waals surface area (Å²) in [4.78, 5) is 0. The molecule has 0 atom stereocenters. The van der Waals surface area contributed by atoms with Crippen molar-refractivity contribution in [2.75, 3.05) is 11.5 Å². The Bertz CT molecular complexity index is 860. The van der Waals surface area contributed by atoms with Crippen molar-refractivity contribution in [3.8, 4) is 11.1 Å². The van der Waals surface area contributed by atoms with E-state index in [0.717, 1.165) is 28.1 Å². The van der Waals surface area contributed by atoms with Crippen LogP contribution in [0, 0.1) is 6.92 Å². The minimum Gasteiger partial charge on any atom is -0.399 e. The molecule has 5 heteroatoms. The number of nitrogens with two attached hydrogens (primary N) is 2. The summed E-state index contributed by atoms with van der Waals surface area (Å²) in [5.74, 6) is 0. The summed E-state index contributed by atoms with van der Waals surface area (Å²) in [6.45, 7) is 2.02. The Morgan fingerprint density at radius 3 is 2.21 bits per heavy atom. The van der Waals surface area contributed by atoms with Crippen LogP contribution in [-0.2, 0) is 0 Å². The van der Waals surface area contributed by atoms with Gasteiger partial charge in [-0.2, -0.15) is 10.2 Å². The quantitative estimate of drug-likeness (QED) is 0.477. The van der Waals surface area contributed by atoms with E-state index in [2.05, 4.69) is 10.2 Å². The van der Waals surface area contributed by atoms with Crippen LogP contribution in [0.3, 0.4) is 0 Å². The van der Waals surface area contributed by atoms with Gasteiger partial charge in [0.2, 0.25) is 0 Å². The van der Waals surface area contributed by atoms with E-state index >= 15 is 0 Å². The third kappa shape index (κ3) is 3.73. The molecular formula is C19H19ClN4. The molecule has 0 aliphatic rings. The Morgan fingerprint density at radius 1 is 0.750 bits per heavy atom. The van der Waals surface area contributed by atoms with Crippen molar-refractivity contribution in [2.24, 2.45) is 10.2 Å². The maximum Gasteiger partial charge on any atom is 0.0892 e. The first-order chi connectivity index (χ1) is 11.1. The average Bonchev–Trinajstić information content (AvgIpc) is 2.55. The van der Waals surface area contributed by atoms with Gasteiger partial charge in [-0.3, -0.25) is 0 Å². The number of rotatable bonds is 3. The molecule has 4 nitrogen and oxygen atoms in total. The van der Waals surface area contributed by atoms with E-state index in [4.69, 9.17) is 11.5 Å². The van der Waals surface area contributed by atoms with Crippen LogP contribution in [0.15, 0.2) is 77.0 Å². The van der Waals surface area contributed by atoms with Crippen molar-refractivity contribution in [2.45, 2.75) is 6.92 Å². The Morgan fingerprint density at radius 2 is 1.50 bits per heavy atom. The lowest BCUT2D eigenvalue weighted by Gasteiger charge is -2.11. The minimum atomic E-state index is 0. The van der Waals surface area contributed by atoms with E-state index in [1.807, 2.05) is 67.6 Å². The Balaban J connectivity index is 0.00000208. The third-order valence-electron chi connectivity index (χ3n) is 3.70. The number of halogens is 1. The maximum atomic E-state index is 6.10. The molecule has 24 heavy (non-hydrogen) atoms. The van der Waals surface area contributed by atoms with Crippen LogP contribution in [0.4, 0.5) is 22.7 Å². The van der Waals surface area contributed by atoms with Crippen LogP contribution in [0.25, 0.3) is 11.1 Å². The molecule has 0 saturated carbocycles. The van der Waals surface area contributed by atoms with Crippen LogP contribution in [-0.4, -0.2) is 0 Å². The van der Waals surface area contributed by atoms with E-state index in [-0.39, 0.29) is 12.4 Å². The fourth-order valence-electron chi connectivity index (χ4n) is 2.46. The predicted molar refractivity (Wildman–Crippen MR) is 103 cm³/mol. The molecule has 0 spiro atoms. The summed E-state index contributed by atoms with van der Waals surface area (Å²) in [5, 5.41) is 8.65. The van der Waals surface area contributed by atoms with Gasteiger partial charge in [-0.25, -0.2) is 0 Å². The topological polar surface area (TPSA) is 76.8 Å². The number of anilines is 2. The molecule has 3 rings (SSSR count). The van der Waals surface area contributed by atoms with E-state index in [0.29, 0.717) is 11.4 Å². The highest BCUT2D eigenvalue weighted by molar-refractivity contribution is 5.85. The third-order valence-corrected chi connectivity index (χ3v) is 3.70. The van der Waals surface area contributed by atoms with E-state index < -0.39 is 0 Å². The van der Waals surface area contributed by atoms with Crippen molar-refractivity contribution in [1.82, 2.24) is 0 Å². The summed E-state index contributed by atoms with van der Waals surface area (Å²) in [7, 11) is 0. The van der Waals surface area contributed by atoms with Crippen molar-refractivity contribution in [3.05, 3.63) is 72.3 Å². The van der Waals surface area contributed by atoms with Crippen molar-refractivity contribution >= 4 is 35.2 Å². The summed E-state index contributed by atoms with van der Waals surface area (Å²) in [6.07, 6.45) is 0. The molecular weight excluding hydrogens is 320 g/mol. The lowest BCUT2D eigenvalue weighted by Crippen LogP contribution is -1.94. The van der Waals surface area contributed by atoms with Crippen LogP contribution >= 0.6 is 12.4 Å². The van der Waals surface area contributed by atoms with Crippen LogP contribution in [0.2, 0.25) is 0 Å². The number of benzene rings is 3. The zero-order valence-corrected chi connectivity index (χ0v) is 14.1. The van der Waals surface area contributed by atoms with Crippen LogP contribution in [0.1, 0.15) is 5.56 Å². The second-order valence-corrected chi connectivity index (χ2v) is 5.33. The number of nitrogens with zero attached hydrogens (tertiary/aromatic N) is 2. The summed E-state index contributed by atoms with van der Waals surface area (Å²) < 4.78 is 0. The van der Waals surface area contributed by atoms with Crippen molar-refractivity contribution < 1.29 is 0 Å². The van der Waals surface area contributed by atoms with Gasteiger partial charge in [0, 0.05) is 16.9 Å². The van der Waals surface area contributed by atoms with Gasteiger partial charge >= 0.3 is 0 Å². The average molecular weight is 339 g/mol. The maximum absolute atomic E-state index is 6.10. The molecule has 122 valence electrons. The lowest BCUT2D eigenvalue weighted by molar-refractivity contribution is 1.21. The van der Waals surface area contributed by atoms with E-state index in [1.165, 1.54) is 0 Å². The van der Waals surface area contributed by atoms with E-state index in [9.17, 15) is 0 Å². The Hall–Kier alpha value is -2.85. The number of hydrogen-bond acceptors (Lipinski definition) is 4. The highest BCUT2D eigenvalue weighted by Gasteiger charge is 2.09. The molecule has 0 heterocycles. The second-order valence-electron chi connectivity index (χ2n) is 5.33. The van der Waals surface area contributed by atoms with Crippen LogP contribution in [0.5, 0.6) is 0 Å². The van der Waals surface area contributed by atoms with Gasteiger partial charge in [-0.15, -0.1) is 12.4 Å². The number of nitrogen functional groups attached to an aromatic ring is 2. The first-order valence-corrected chi connectivity index (χ1v) is 7.37. The molecule has 3 aromatic rings. The smallest absolute Gasteiger partial charge is 0.0892 e. The molecule has 0 unspecified atom stereocenters. The molecule has 0 fully saturated rings. The molecule has 0 amide bonds. The fourth-order valence-corrected chi connectivity index (χ4v) is 2.46. The molecule has 0 bridgehead atoms. The minimum absolute atomic E-state index is 0. The first-order valence-electron chi connectivity index (χ1n) is 7.37. The van der Waals surface area contributed by atoms with Crippen molar-refractivity contribution in [3.63, 3.8) is 0 Å². The molecule has 3 aromatic carbocycles. The van der Waals surface area contributed by atoms with Gasteiger partial charge in [0.15, 0.2) is 0 Å². The largest absolute Gasteiger partial charge is 0.399 e. The normalized spacial score (nSPS) is 10.5. The zero-order valence-electron chi connectivity index (χ0n) is 13.3. The van der Waals surface area contributed by atoms with Gasteiger partial charge in [-0.05, 0) is 48.4 Å². The fraction of sp³-hybridized carbons (Fsp3) is 0.0526. The van der Waals surface area contributed by atoms with Crippen molar-refractivity contribution in [1.29, 1.82) is 0 Å². The molecule has 0 aliphatic carbocycles. The monoisotopic (exact) mass is 338 g/mol. The Labute approximate surface area is 147 Å². The lowest BCUT2D eigenvalue weighted by atomic mass is 9.97.